The molecule has 0 aromatic heterocycles. The van der Waals surface area contributed by atoms with E-state index in [0.29, 0.717) is 11.5 Å². The Kier molecular flexibility index (Phi) is 6.78. The van der Waals surface area contributed by atoms with E-state index in [4.69, 9.17) is 0 Å². The first kappa shape index (κ1) is 16.9. The van der Waals surface area contributed by atoms with E-state index >= 15 is 0 Å². The Bertz CT molecular complexity index is 254. The van der Waals surface area contributed by atoms with Gasteiger partial charge in [-0.25, -0.2) is 0 Å². The van der Waals surface area contributed by atoms with Gasteiger partial charge in [0.05, 0.1) is 0 Å². The van der Waals surface area contributed by atoms with E-state index in [1.165, 1.54) is 52.0 Å². The lowest BCUT2D eigenvalue weighted by molar-refractivity contribution is 0.182. The lowest BCUT2D eigenvalue weighted by atomic mass is 9.86. The van der Waals surface area contributed by atoms with Crippen molar-refractivity contribution in [2.75, 3.05) is 53.9 Å². The van der Waals surface area contributed by atoms with Gasteiger partial charge in [0.15, 0.2) is 0 Å². The molecule has 0 amide bonds. The lowest BCUT2D eigenvalue weighted by Crippen LogP contribution is -2.35. The molecule has 114 valence electrons. The minimum Gasteiger partial charge on any atom is -0.309 e. The molecule has 0 bridgehead atoms. The number of hydrogen-bond donors (Lipinski definition) is 0. The summed E-state index contributed by atoms with van der Waals surface area (Å²) >= 11 is 0. The van der Waals surface area contributed by atoms with Crippen molar-refractivity contribution in [2.24, 2.45) is 5.41 Å². The highest BCUT2D eigenvalue weighted by Crippen LogP contribution is 2.33. The van der Waals surface area contributed by atoms with Gasteiger partial charge in [0.2, 0.25) is 0 Å². The van der Waals surface area contributed by atoms with Crippen molar-refractivity contribution >= 4 is 0 Å². The van der Waals surface area contributed by atoms with Gasteiger partial charge >= 0.3 is 0 Å². The van der Waals surface area contributed by atoms with Gasteiger partial charge in [0.25, 0.3) is 0 Å². The maximum atomic E-state index is 2.59. The Balaban J connectivity index is 2.27. The van der Waals surface area contributed by atoms with Crippen LogP contribution < -0.4 is 0 Å². The van der Waals surface area contributed by atoms with Gasteiger partial charge in [-0.05, 0) is 78.9 Å². The maximum absolute atomic E-state index is 2.59. The van der Waals surface area contributed by atoms with Crippen molar-refractivity contribution in [3.63, 3.8) is 0 Å². The molecular weight excluding hydrogens is 234 g/mol. The lowest BCUT2D eigenvalue weighted by Gasteiger charge is -2.31. The monoisotopic (exact) mass is 269 g/mol. The summed E-state index contributed by atoms with van der Waals surface area (Å²) in [5, 5.41) is 0. The van der Waals surface area contributed by atoms with Gasteiger partial charge in [-0.1, -0.05) is 13.8 Å². The van der Waals surface area contributed by atoms with Crippen molar-refractivity contribution < 1.29 is 0 Å². The van der Waals surface area contributed by atoms with Crippen LogP contribution in [0.5, 0.6) is 0 Å². The Morgan fingerprint density at radius 3 is 2.42 bits per heavy atom. The molecule has 0 aromatic carbocycles. The smallest absolute Gasteiger partial charge is 0.00760 e. The Morgan fingerprint density at radius 1 is 1.21 bits per heavy atom. The van der Waals surface area contributed by atoms with Crippen molar-refractivity contribution in [1.82, 2.24) is 14.7 Å². The van der Waals surface area contributed by atoms with Crippen LogP contribution in [-0.2, 0) is 0 Å². The topological polar surface area (TPSA) is 9.72 Å². The molecular formula is C16H35N3. The van der Waals surface area contributed by atoms with E-state index in [-0.39, 0.29) is 0 Å². The third-order valence-corrected chi connectivity index (χ3v) is 4.90. The summed E-state index contributed by atoms with van der Waals surface area (Å²) in [6, 6.07) is 0.690. The van der Waals surface area contributed by atoms with Crippen LogP contribution in [0.4, 0.5) is 0 Å². The Hall–Kier alpha value is -0.120. The van der Waals surface area contributed by atoms with Gasteiger partial charge in [0, 0.05) is 12.6 Å². The molecule has 3 heteroatoms. The molecule has 2 unspecified atom stereocenters. The van der Waals surface area contributed by atoms with Gasteiger partial charge in [0.1, 0.15) is 0 Å². The highest BCUT2D eigenvalue weighted by Gasteiger charge is 2.32. The average molecular weight is 269 g/mol. The molecule has 0 saturated carbocycles. The fourth-order valence-electron chi connectivity index (χ4n) is 2.93. The van der Waals surface area contributed by atoms with E-state index in [2.05, 4.69) is 56.6 Å². The zero-order chi connectivity index (χ0) is 14.5. The SMILES string of the molecule is CCN1CCC(C)(CCN(C)C(C)CCN(C)C)C1. The van der Waals surface area contributed by atoms with E-state index in [1.807, 2.05) is 0 Å². The summed E-state index contributed by atoms with van der Waals surface area (Å²) < 4.78 is 0. The van der Waals surface area contributed by atoms with Gasteiger partial charge in [-0.2, -0.15) is 0 Å². The molecule has 1 heterocycles. The molecule has 1 aliphatic heterocycles. The highest BCUT2D eigenvalue weighted by molar-refractivity contribution is 4.86. The fraction of sp³-hybridized carbons (Fsp3) is 1.00. The van der Waals surface area contributed by atoms with E-state index in [9.17, 15) is 0 Å². The first-order valence-electron chi connectivity index (χ1n) is 7.93. The molecule has 0 radical (unpaired) electrons. The first-order chi connectivity index (χ1) is 8.86. The van der Waals surface area contributed by atoms with Crippen LogP contribution in [0.15, 0.2) is 0 Å². The maximum Gasteiger partial charge on any atom is 0.00760 e. The van der Waals surface area contributed by atoms with Crippen LogP contribution >= 0.6 is 0 Å². The average Bonchev–Trinajstić information content (AvgIpc) is 2.75. The van der Waals surface area contributed by atoms with E-state index in [0.717, 1.165) is 0 Å². The summed E-state index contributed by atoms with van der Waals surface area (Å²) in [6.45, 7) is 13.3. The summed E-state index contributed by atoms with van der Waals surface area (Å²) in [5.74, 6) is 0. The molecule has 1 rings (SSSR count). The summed E-state index contributed by atoms with van der Waals surface area (Å²) in [6.07, 6.45) is 3.98. The van der Waals surface area contributed by atoms with Crippen LogP contribution in [0, 0.1) is 5.41 Å². The van der Waals surface area contributed by atoms with Gasteiger partial charge in [-0.3, -0.25) is 0 Å². The molecule has 3 nitrogen and oxygen atoms in total. The first-order valence-corrected chi connectivity index (χ1v) is 7.93. The van der Waals surface area contributed by atoms with Gasteiger partial charge < -0.3 is 14.7 Å². The summed E-state index contributed by atoms with van der Waals surface area (Å²) in [4.78, 5) is 7.42. The summed E-state index contributed by atoms with van der Waals surface area (Å²) in [5.41, 5.74) is 0.547. The van der Waals surface area contributed by atoms with Gasteiger partial charge in [-0.15, -0.1) is 0 Å². The van der Waals surface area contributed by atoms with Crippen molar-refractivity contribution in [1.29, 1.82) is 0 Å². The zero-order valence-electron chi connectivity index (χ0n) is 14.1. The molecule has 1 fully saturated rings. The van der Waals surface area contributed by atoms with Crippen LogP contribution in [0.25, 0.3) is 0 Å². The predicted molar refractivity (Wildman–Crippen MR) is 84.7 cm³/mol. The number of nitrogens with zero attached hydrogens (tertiary/aromatic N) is 3. The summed E-state index contributed by atoms with van der Waals surface area (Å²) in [7, 11) is 6.60. The Morgan fingerprint density at radius 2 is 1.89 bits per heavy atom. The van der Waals surface area contributed by atoms with Crippen LogP contribution in [0.3, 0.4) is 0 Å². The zero-order valence-corrected chi connectivity index (χ0v) is 14.1. The number of rotatable bonds is 8. The molecule has 2 atom stereocenters. The third kappa shape index (κ3) is 5.80. The fourth-order valence-corrected chi connectivity index (χ4v) is 2.93. The van der Waals surface area contributed by atoms with Crippen LogP contribution in [-0.4, -0.2) is 74.6 Å². The van der Waals surface area contributed by atoms with E-state index in [1.54, 1.807) is 0 Å². The molecule has 1 saturated heterocycles. The second-order valence-corrected chi connectivity index (χ2v) is 7.10. The number of likely N-dealkylation sites (tertiary alicyclic amines) is 1. The van der Waals surface area contributed by atoms with Crippen molar-refractivity contribution in [2.45, 2.75) is 46.1 Å². The quantitative estimate of drug-likeness (QED) is 0.670. The molecule has 0 N–H and O–H groups in total. The minimum absolute atomic E-state index is 0.547. The van der Waals surface area contributed by atoms with Crippen LogP contribution in [0.1, 0.15) is 40.0 Å². The highest BCUT2D eigenvalue weighted by atomic mass is 15.2. The molecule has 0 aromatic rings. The van der Waals surface area contributed by atoms with Crippen molar-refractivity contribution in [3.8, 4) is 0 Å². The molecule has 0 aliphatic carbocycles. The Labute approximate surface area is 120 Å². The van der Waals surface area contributed by atoms with Crippen molar-refractivity contribution in [3.05, 3.63) is 0 Å². The second-order valence-electron chi connectivity index (χ2n) is 7.10. The number of hydrogen-bond acceptors (Lipinski definition) is 3. The predicted octanol–water partition coefficient (Wildman–Crippen LogP) is 2.38. The standard InChI is InChI=1S/C16H35N3/c1-7-19-13-10-16(3,14-19)9-12-18(6)15(2)8-11-17(4)5/h15H,7-14H2,1-6H3. The normalized spacial score (nSPS) is 26.5. The molecule has 0 spiro atoms. The largest absolute Gasteiger partial charge is 0.309 e. The van der Waals surface area contributed by atoms with Crippen LogP contribution in [0.2, 0.25) is 0 Å². The minimum atomic E-state index is 0.547. The van der Waals surface area contributed by atoms with E-state index < -0.39 is 0 Å². The third-order valence-electron chi connectivity index (χ3n) is 4.90. The molecule has 19 heavy (non-hydrogen) atoms. The molecule has 1 aliphatic rings. The second kappa shape index (κ2) is 7.61.